The highest BCUT2D eigenvalue weighted by Crippen LogP contribution is 2.35. The van der Waals surface area contributed by atoms with Crippen LogP contribution in [0.5, 0.6) is 11.5 Å². The molecule has 3 nitrogen and oxygen atoms in total. The molecule has 1 heterocycles. The van der Waals surface area contributed by atoms with Crippen LogP contribution in [0.3, 0.4) is 0 Å². The highest BCUT2D eigenvalue weighted by atomic mass is 16.6. The average molecular weight is 222 g/mol. The molecular formula is C13H18O3. The van der Waals surface area contributed by atoms with Crippen LogP contribution in [0.4, 0.5) is 0 Å². The van der Waals surface area contributed by atoms with Crippen molar-refractivity contribution in [2.24, 2.45) is 5.92 Å². The zero-order valence-electron chi connectivity index (χ0n) is 10.0. The second kappa shape index (κ2) is 4.74. The highest BCUT2D eigenvalue weighted by Gasteiger charge is 2.18. The maximum absolute atomic E-state index is 5.56. The summed E-state index contributed by atoms with van der Waals surface area (Å²) in [5.74, 6) is 2.09. The van der Waals surface area contributed by atoms with Gasteiger partial charge in [-0.25, -0.2) is 0 Å². The van der Waals surface area contributed by atoms with E-state index in [-0.39, 0.29) is 6.10 Å². The lowest BCUT2D eigenvalue weighted by atomic mass is 9.98. The average Bonchev–Trinajstić information content (AvgIpc) is 2.29. The van der Waals surface area contributed by atoms with E-state index in [0.29, 0.717) is 19.1 Å². The fraction of sp³-hybridized carbons (Fsp3) is 0.538. The van der Waals surface area contributed by atoms with E-state index in [0.717, 1.165) is 17.1 Å². The lowest BCUT2D eigenvalue weighted by Crippen LogP contribution is -2.16. The minimum atomic E-state index is 0.107. The summed E-state index contributed by atoms with van der Waals surface area (Å²) < 4.78 is 16.5. The van der Waals surface area contributed by atoms with E-state index in [1.165, 1.54) is 0 Å². The van der Waals surface area contributed by atoms with Crippen LogP contribution in [0, 0.1) is 5.92 Å². The van der Waals surface area contributed by atoms with E-state index in [1.807, 2.05) is 18.2 Å². The SMILES string of the molecule is COC(c1ccc2c(c1)OCCO2)C(C)C. The zero-order valence-corrected chi connectivity index (χ0v) is 10.0. The summed E-state index contributed by atoms with van der Waals surface area (Å²) in [6.07, 6.45) is 0.107. The monoisotopic (exact) mass is 222 g/mol. The third-order valence-corrected chi connectivity index (χ3v) is 2.75. The van der Waals surface area contributed by atoms with Crippen LogP contribution in [0.25, 0.3) is 0 Å². The minimum Gasteiger partial charge on any atom is -0.486 e. The van der Waals surface area contributed by atoms with Crippen LogP contribution in [-0.4, -0.2) is 20.3 Å². The Hall–Kier alpha value is -1.22. The van der Waals surface area contributed by atoms with Crippen molar-refractivity contribution in [2.45, 2.75) is 20.0 Å². The molecule has 1 unspecified atom stereocenters. The topological polar surface area (TPSA) is 27.7 Å². The second-order valence-electron chi connectivity index (χ2n) is 4.30. The van der Waals surface area contributed by atoms with Gasteiger partial charge in [0.2, 0.25) is 0 Å². The second-order valence-corrected chi connectivity index (χ2v) is 4.30. The predicted molar refractivity (Wildman–Crippen MR) is 62.0 cm³/mol. The van der Waals surface area contributed by atoms with Gasteiger partial charge in [-0.1, -0.05) is 19.9 Å². The molecule has 0 aromatic heterocycles. The fourth-order valence-corrected chi connectivity index (χ4v) is 2.03. The molecule has 0 fully saturated rings. The van der Waals surface area contributed by atoms with E-state index in [4.69, 9.17) is 14.2 Å². The largest absolute Gasteiger partial charge is 0.486 e. The third kappa shape index (κ3) is 2.14. The summed E-state index contributed by atoms with van der Waals surface area (Å²) in [6, 6.07) is 6.02. The Kier molecular flexibility index (Phi) is 3.34. The van der Waals surface area contributed by atoms with Gasteiger partial charge >= 0.3 is 0 Å². The lowest BCUT2D eigenvalue weighted by Gasteiger charge is -2.23. The maximum atomic E-state index is 5.56. The predicted octanol–water partition coefficient (Wildman–Crippen LogP) is 2.80. The Bertz CT molecular complexity index is 360. The van der Waals surface area contributed by atoms with Crippen LogP contribution in [0.2, 0.25) is 0 Å². The summed E-state index contributed by atoms with van der Waals surface area (Å²) in [7, 11) is 1.74. The van der Waals surface area contributed by atoms with Crippen LogP contribution in [-0.2, 0) is 4.74 Å². The molecule has 0 amide bonds. The molecule has 0 radical (unpaired) electrons. The summed E-state index contributed by atoms with van der Waals surface area (Å²) in [5, 5.41) is 0. The molecule has 16 heavy (non-hydrogen) atoms. The number of ether oxygens (including phenoxy) is 3. The Morgan fingerprint density at radius 2 is 1.81 bits per heavy atom. The molecule has 0 saturated heterocycles. The van der Waals surface area contributed by atoms with Gasteiger partial charge in [0, 0.05) is 7.11 Å². The third-order valence-electron chi connectivity index (χ3n) is 2.75. The quantitative estimate of drug-likeness (QED) is 0.787. The summed E-state index contributed by atoms with van der Waals surface area (Å²) in [4.78, 5) is 0. The highest BCUT2D eigenvalue weighted by molar-refractivity contribution is 5.44. The van der Waals surface area contributed by atoms with Crippen LogP contribution < -0.4 is 9.47 Å². The van der Waals surface area contributed by atoms with Crippen molar-refractivity contribution in [3.05, 3.63) is 23.8 Å². The van der Waals surface area contributed by atoms with Crippen molar-refractivity contribution in [2.75, 3.05) is 20.3 Å². The number of methoxy groups -OCH3 is 1. The summed E-state index contributed by atoms with van der Waals surface area (Å²) in [5.41, 5.74) is 1.14. The van der Waals surface area contributed by atoms with Crippen molar-refractivity contribution >= 4 is 0 Å². The number of fused-ring (bicyclic) bond motifs is 1. The Balaban J connectivity index is 2.28. The van der Waals surface area contributed by atoms with E-state index < -0.39 is 0 Å². The van der Waals surface area contributed by atoms with Gasteiger partial charge in [-0.15, -0.1) is 0 Å². The van der Waals surface area contributed by atoms with Crippen LogP contribution >= 0.6 is 0 Å². The van der Waals surface area contributed by atoms with Crippen LogP contribution in [0.15, 0.2) is 18.2 Å². The van der Waals surface area contributed by atoms with Gasteiger partial charge in [0.15, 0.2) is 11.5 Å². The summed E-state index contributed by atoms with van der Waals surface area (Å²) in [6.45, 7) is 5.54. The van der Waals surface area contributed by atoms with Gasteiger partial charge in [-0.3, -0.25) is 0 Å². The molecule has 0 saturated carbocycles. The van der Waals surface area contributed by atoms with E-state index in [1.54, 1.807) is 7.11 Å². The smallest absolute Gasteiger partial charge is 0.161 e. The minimum absolute atomic E-state index is 0.107. The molecule has 88 valence electrons. The molecule has 0 spiro atoms. The van der Waals surface area contributed by atoms with Gasteiger partial charge in [0.05, 0.1) is 6.10 Å². The first-order chi connectivity index (χ1) is 7.72. The van der Waals surface area contributed by atoms with Gasteiger partial charge in [0.1, 0.15) is 13.2 Å². The van der Waals surface area contributed by atoms with E-state index in [2.05, 4.69) is 13.8 Å². The first kappa shape index (κ1) is 11.3. The maximum Gasteiger partial charge on any atom is 0.161 e. The molecule has 2 rings (SSSR count). The van der Waals surface area contributed by atoms with E-state index >= 15 is 0 Å². The fourth-order valence-electron chi connectivity index (χ4n) is 2.03. The summed E-state index contributed by atoms with van der Waals surface area (Å²) >= 11 is 0. The number of hydrogen-bond acceptors (Lipinski definition) is 3. The molecule has 0 N–H and O–H groups in total. The van der Waals surface area contributed by atoms with Crippen molar-refractivity contribution < 1.29 is 14.2 Å². The van der Waals surface area contributed by atoms with Gasteiger partial charge < -0.3 is 14.2 Å². The Morgan fingerprint density at radius 3 is 2.44 bits per heavy atom. The van der Waals surface area contributed by atoms with Crippen molar-refractivity contribution in [3.63, 3.8) is 0 Å². The zero-order chi connectivity index (χ0) is 11.5. The molecule has 1 aliphatic heterocycles. The van der Waals surface area contributed by atoms with Crippen molar-refractivity contribution in [3.8, 4) is 11.5 Å². The Morgan fingerprint density at radius 1 is 1.12 bits per heavy atom. The van der Waals surface area contributed by atoms with Crippen molar-refractivity contribution in [1.82, 2.24) is 0 Å². The van der Waals surface area contributed by atoms with Crippen LogP contribution in [0.1, 0.15) is 25.5 Å². The molecule has 1 aromatic rings. The lowest BCUT2D eigenvalue weighted by molar-refractivity contribution is 0.0640. The van der Waals surface area contributed by atoms with Gasteiger partial charge in [-0.05, 0) is 23.6 Å². The number of hydrogen-bond donors (Lipinski definition) is 0. The molecule has 0 aliphatic carbocycles. The van der Waals surface area contributed by atoms with Gasteiger partial charge in [0.25, 0.3) is 0 Å². The van der Waals surface area contributed by atoms with Crippen molar-refractivity contribution in [1.29, 1.82) is 0 Å². The molecule has 0 bridgehead atoms. The first-order valence-electron chi connectivity index (χ1n) is 5.64. The first-order valence-corrected chi connectivity index (χ1v) is 5.64. The molecule has 1 aliphatic rings. The standard InChI is InChI=1S/C13H18O3/c1-9(2)13(14-3)10-4-5-11-12(8-10)16-7-6-15-11/h4-5,8-9,13H,6-7H2,1-3H3. The Labute approximate surface area is 96.3 Å². The van der Waals surface area contributed by atoms with Gasteiger partial charge in [-0.2, -0.15) is 0 Å². The number of benzene rings is 1. The van der Waals surface area contributed by atoms with E-state index in [9.17, 15) is 0 Å². The number of rotatable bonds is 3. The molecule has 1 atom stereocenters. The molecular weight excluding hydrogens is 204 g/mol. The normalized spacial score (nSPS) is 16.2. The molecule has 3 heteroatoms. The molecule has 1 aromatic carbocycles.